The summed E-state index contributed by atoms with van der Waals surface area (Å²) in [6.07, 6.45) is 0.242. The number of phenolic OH excluding ortho intramolecular Hbond substituents is 1. The molecule has 0 spiro atoms. The van der Waals surface area contributed by atoms with E-state index in [1.54, 1.807) is 19.1 Å². The number of aromatic hydroxyl groups is 1. The number of nitrogens with one attached hydrogen (secondary N) is 2. The molecule has 128 valence electrons. The van der Waals surface area contributed by atoms with E-state index in [0.29, 0.717) is 5.02 Å². The topological polar surface area (TPSA) is 95.5 Å². The van der Waals surface area contributed by atoms with E-state index >= 15 is 0 Å². The van der Waals surface area contributed by atoms with Gasteiger partial charge in [-0.2, -0.15) is 4.72 Å². The fraction of sp³-hybridized carbons (Fsp3) is 0.188. The monoisotopic (exact) mass is 368 g/mol. The summed E-state index contributed by atoms with van der Waals surface area (Å²) in [4.78, 5) is 12.3. The van der Waals surface area contributed by atoms with Crippen molar-refractivity contribution in [2.45, 2.75) is 24.3 Å². The van der Waals surface area contributed by atoms with Gasteiger partial charge in [0, 0.05) is 5.02 Å². The van der Waals surface area contributed by atoms with Crippen molar-refractivity contribution < 1.29 is 18.3 Å². The molecule has 0 aliphatic carbocycles. The van der Waals surface area contributed by atoms with E-state index in [1.165, 1.54) is 36.4 Å². The van der Waals surface area contributed by atoms with E-state index in [9.17, 15) is 18.3 Å². The summed E-state index contributed by atoms with van der Waals surface area (Å²) in [7, 11) is -3.87. The molecule has 0 heterocycles. The molecule has 0 aliphatic heterocycles. The minimum atomic E-state index is -3.87. The van der Waals surface area contributed by atoms with Crippen molar-refractivity contribution in [2.75, 3.05) is 5.32 Å². The highest BCUT2D eigenvalue weighted by Gasteiger charge is 2.24. The fourth-order valence-corrected chi connectivity index (χ4v) is 3.40. The molecule has 0 aromatic heterocycles. The maximum absolute atomic E-state index is 12.4. The second-order valence-electron chi connectivity index (χ2n) is 5.04. The number of benzene rings is 2. The van der Waals surface area contributed by atoms with Crippen LogP contribution in [0.3, 0.4) is 0 Å². The van der Waals surface area contributed by atoms with E-state index in [0.717, 1.165) is 0 Å². The first-order valence-electron chi connectivity index (χ1n) is 7.20. The number of hydrogen-bond donors (Lipinski definition) is 3. The second-order valence-corrected chi connectivity index (χ2v) is 7.19. The molecule has 0 aliphatic rings. The third-order valence-electron chi connectivity index (χ3n) is 3.31. The van der Waals surface area contributed by atoms with Gasteiger partial charge in [-0.1, -0.05) is 30.7 Å². The van der Waals surface area contributed by atoms with Crippen LogP contribution in [0.2, 0.25) is 5.02 Å². The van der Waals surface area contributed by atoms with Gasteiger partial charge in [0.15, 0.2) is 0 Å². The largest absolute Gasteiger partial charge is 0.506 e. The molecule has 1 unspecified atom stereocenters. The molecular weight excluding hydrogens is 352 g/mol. The first-order chi connectivity index (χ1) is 11.3. The Bertz CT molecular complexity index is 822. The van der Waals surface area contributed by atoms with Gasteiger partial charge in [0.05, 0.1) is 10.6 Å². The summed E-state index contributed by atoms with van der Waals surface area (Å²) >= 11 is 5.75. The van der Waals surface area contributed by atoms with Crippen LogP contribution in [0.15, 0.2) is 53.4 Å². The number of hydrogen-bond acceptors (Lipinski definition) is 4. The Morgan fingerprint density at radius 1 is 1.17 bits per heavy atom. The molecule has 2 rings (SSSR count). The Hall–Kier alpha value is -2.09. The highest BCUT2D eigenvalue weighted by molar-refractivity contribution is 7.89. The highest BCUT2D eigenvalue weighted by Crippen LogP contribution is 2.22. The van der Waals surface area contributed by atoms with Gasteiger partial charge in [0.2, 0.25) is 15.9 Å². The van der Waals surface area contributed by atoms with Gasteiger partial charge in [0.1, 0.15) is 11.8 Å². The van der Waals surface area contributed by atoms with E-state index in [-0.39, 0.29) is 22.8 Å². The third kappa shape index (κ3) is 4.47. The summed E-state index contributed by atoms with van der Waals surface area (Å²) in [5, 5.41) is 12.6. The van der Waals surface area contributed by atoms with Gasteiger partial charge in [-0.15, -0.1) is 0 Å². The third-order valence-corrected chi connectivity index (χ3v) is 5.05. The van der Waals surface area contributed by atoms with Crippen LogP contribution in [0.4, 0.5) is 5.69 Å². The molecule has 2 aromatic carbocycles. The van der Waals surface area contributed by atoms with Crippen LogP contribution in [-0.2, 0) is 14.8 Å². The van der Waals surface area contributed by atoms with Crippen LogP contribution in [0.5, 0.6) is 5.75 Å². The Balaban J connectivity index is 2.15. The molecule has 6 nitrogen and oxygen atoms in total. The van der Waals surface area contributed by atoms with Crippen LogP contribution in [0.1, 0.15) is 13.3 Å². The lowest BCUT2D eigenvalue weighted by molar-refractivity contribution is -0.117. The first-order valence-corrected chi connectivity index (χ1v) is 9.06. The van der Waals surface area contributed by atoms with Crippen molar-refractivity contribution in [3.63, 3.8) is 0 Å². The molecule has 0 saturated heterocycles. The van der Waals surface area contributed by atoms with Gasteiger partial charge in [-0.3, -0.25) is 4.79 Å². The van der Waals surface area contributed by atoms with E-state index < -0.39 is 22.0 Å². The maximum Gasteiger partial charge on any atom is 0.242 e. The van der Waals surface area contributed by atoms with Crippen LogP contribution in [0, 0.1) is 0 Å². The predicted octanol–water partition coefficient (Wildman–Crippen LogP) is 2.74. The minimum Gasteiger partial charge on any atom is -0.506 e. The molecule has 1 atom stereocenters. The van der Waals surface area contributed by atoms with Gasteiger partial charge in [0.25, 0.3) is 0 Å². The summed E-state index contributed by atoms with van der Waals surface area (Å²) in [6.45, 7) is 1.68. The Morgan fingerprint density at radius 3 is 2.38 bits per heavy atom. The standard InChI is InChI=1S/C16H17ClN2O4S/c1-2-13(16(21)18-14-5-3-4-6-15(14)20)19-24(22,23)12-9-7-11(17)8-10-12/h3-10,13,19-20H,2H2,1H3,(H,18,21). The summed E-state index contributed by atoms with van der Waals surface area (Å²) < 4.78 is 27.1. The van der Waals surface area contributed by atoms with Crippen LogP contribution in [-0.4, -0.2) is 25.5 Å². The maximum atomic E-state index is 12.4. The fourth-order valence-electron chi connectivity index (χ4n) is 1.99. The molecule has 2 aromatic rings. The number of carbonyl (C=O) groups excluding carboxylic acids is 1. The van der Waals surface area contributed by atoms with Crippen LogP contribution >= 0.6 is 11.6 Å². The minimum absolute atomic E-state index is 0.0145. The van der Waals surface area contributed by atoms with Crippen LogP contribution in [0.25, 0.3) is 0 Å². The molecule has 3 N–H and O–H groups in total. The number of sulfonamides is 1. The summed E-state index contributed by atoms with van der Waals surface area (Å²) in [5.74, 6) is -0.655. The quantitative estimate of drug-likeness (QED) is 0.683. The van der Waals surface area contributed by atoms with Gasteiger partial charge in [-0.05, 0) is 42.8 Å². The van der Waals surface area contributed by atoms with Crippen LogP contribution < -0.4 is 10.0 Å². The number of carbonyl (C=O) groups is 1. The molecule has 24 heavy (non-hydrogen) atoms. The smallest absolute Gasteiger partial charge is 0.242 e. The van der Waals surface area contributed by atoms with Gasteiger partial charge in [-0.25, -0.2) is 8.42 Å². The molecule has 8 heteroatoms. The van der Waals surface area contributed by atoms with Crippen molar-refractivity contribution in [1.82, 2.24) is 4.72 Å². The Morgan fingerprint density at radius 2 is 1.79 bits per heavy atom. The number of phenols is 1. The number of rotatable bonds is 6. The van der Waals surface area contributed by atoms with Gasteiger partial charge >= 0.3 is 0 Å². The van der Waals surface area contributed by atoms with E-state index in [4.69, 9.17) is 11.6 Å². The van der Waals surface area contributed by atoms with Crippen molar-refractivity contribution in [1.29, 1.82) is 0 Å². The summed E-state index contributed by atoms with van der Waals surface area (Å²) in [6, 6.07) is 10.9. The van der Waals surface area contributed by atoms with E-state index in [2.05, 4.69) is 10.0 Å². The molecular formula is C16H17ClN2O4S. The number of para-hydroxylation sites is 2. The predicted molar refractivity (Wildman–Crippen MR) is 92.6 cm³/mol. The zero-order chi connectivity index (χ0) is 17.7. The zero-order valence-electron chi connectivity index (χ0n) is 12.9. The number of halogens is 1. The van der Waals surface area contributed by atoms with Gasteiger partial charge < -0.3 is 10.4 Å². The molecule has 0 radical (unpaired) electrons. The Kier molecular flexibility index (Phi) is 5.82. The highest BCUT2D eigenvalue weighted by atomic mass is 35.5. The van der Waals surface area contributed by atoms with E-state index in [1.807, 2.05) is 0 Å². The molecule has 0 bridgehead atoms. The Labute approximate surface area is 145 Å². The molecule has 0 saturated carbocycles. The van der Waals surface area contributed by atoms with Crippen molar-refractivity contribution in [3.05, 3.63) is 53.6 Å². The average Bonchev–Trinajstić information content (AvgIpc) is 2.55. The molecule has 0 fully saturated rings. The zero-order valence-corrected chi connectivity index (χ0v) is 14.4. The second kappa shape index (κ2) is 7.65. The van der Waals surface area contributed by atoms with Crippen molar-refractivity contribution >= 4 is 33.2 Å². The number of anilines is 1. The lowest BCUT2D eigenvalue weighted by atomic mass is 10.2. The number of amides is 1. The van der Waals surface area contributed by atoms with Crippen molar-refractivity contribution in [3.8, 4) is 5.75 Å². The average molecular weight is 369 g/mol. The summed E-state index contributed by atoms with van der Waals surface area (Å²) in [5.41, 5.74) is 0.214. The normalized spacial score (nSPS) is 12.6. The SMILES string of the molecule is CCC(NS(=O)(=O)c1ccc(Cl)cc1)C(=O)Nc1ccccc1O. The first kappa shape index (κ1) is 18.3. The molecule has 1 amide bonds. The lowest BCUT2D eigenvalue weighted by Gasteiger charge is -2.17. The lowest BCUT2D eigenvalue weighted by Crippen LogP contribution is -2.43. The van der Waals surface area contributed by atoms with Crippen molar-refractivity contribution in [2.24, 2.45) is 0 Å².